The molecule has 1 atom stereocenters. The van der Waals surface area contributed by atoms with Crippen LogP contribution in [0.2, 0.25) is 0 Å². The third-order valence-corrected chi connectivity index (χ3v) is 10.7. The number of rotatable bonds is 14. The molecule has 0 heterocycles. The van der Waals surface area contributed by atoms with Gasteiger partial charge in [0.1, 0.15) is 0 Å². The van der Waals surface area contributed by atoms with Gasteiger partial charge in [-0.05, 0) is 118 Å². The molecule has 0 radical (unpaired) electrons. The summed E-state index contributed by atoms with van der Waals surface area (Å²) in [6.07, 6.45) is 7.08. The van der Waals surface area contributed by atoms with Gasteiger partial charge in [-0.15, -0.1) is 0 Å². The highest BCUT2D eigenvalue weighted by Crippen LogP contribution is 2.42. The molecule has 60 heavy (non-hydrogen) atoms. The van der Waals surface area contributed by atoms with Crippen LogP contribution in [0, 0.1) is 5.92 Å². The molecule has 0 aromatic heterocycles. The van der Waals surface area contributed by atoms with Crippen molar-refractivity contribution in [2.24, 2.45) is 5.92 Å². The highest BCUT2D eigenvalue weighted by atomic mass is 35.5. The van der Waals surface area contributed by atoms with Crippen LogP contribution < -0.4 is 4.90 Å². The lowest BCUT2D eigenvalue weighted by Gasteiger charge is -2.27. The number of hydrogen-bond donors (Lipinski definition) is 0. The molecular weight excluding hydrogens is 762 g/mol. The first-order valence-corrected chi connectivity index (χ1v) is 20.6. The minimum Gasteiger partial charge on any atom is -0.466 e. The lowest BCUT2D eigenvalue weighted by molar-refractivity contribution is -0.146. The number of allylic oxidation sites excluding steroid dienone is 5. The number of carbonyl (C=O) groups excluding carboxylic acids is 2. The first-order valence-electron chi connectivity index (χ1n) is 20.1. The first-order chi connectivity index (χ1) is 29.4. The zero-order valence-electron chi connectivity index (χ0n) is 33.8. The number of carbonyl (C=O) groups is 2. The van der Waals surface area contributed by atoms with Crippen molar-refractivity contribution in [1.29, 1.82) is 0 Å². The fourth-order valence-electron chi connectivity index (χ4n) is 7.52. The van der Waals surface area contributed by atoms with E-state index in [1.54, 1.807) is 38.2 Å². The number of anilines is 3. The number of esters is 2. The molecule has 0 amide bonds. The van der Waals surface area contributed by atoms with Crippen LogP contribution in [0.25, 0.3) is 39.0 Å². The molecule has 0 spiro atoms. The summed E-state index contributed by atoms with van der Waals surface area (Å²) in [7, 11) is 0. The molecule has 1 aliphatic carbocycles. The monoisotopic (exact) mass is 807 g/mol. The molecule has 0 N–H and O–H groups in total. The van der Waals surface area contributed by atoms with Gasteiger partial charge in [-0.1, -0.05) is 158 Å². The summed E-state index contributed by atoms with van der Waals surface area (Å²) in [6, 6.07) is 54.7. The van der Waals surface area contributed by atoms with Crippen molar-refractivity contribution in [2.45, 2.75) is 20.3 Å². The Morgan fingerprint density at radius 2 is 1.03 bits per heavy atom. The molecule has 5 nitrogen and oxygen atoms in total. The topological polar surface area (TPSA) is 55.8 Å². The van der Waals surface area contributed by atoms with Crippen LogP contribution >= 0.6 is 11.6 Å². The van der Waals surface area contributed by atoms with Crippen molar-refractivity contribution in [2.75, 3.05) is 18.1 Å². The van der Waals surface area contributed by atoms with E-state index < -0.39 is 11.9 Å². The second-order valence-electron chi connectivity index (χ2n) is 14.2. The summed E-state index contributed by atoms with van der Waals surface area (Å²) in [6.45, 7) is 7.73. The van der Waals surface area contributed by atoms with Crippen LogP contribution in [0.15, 0.2) is 211 Å². The van der Waals surface area contributed by atoms with E-state index in [2.05, 4.69) is 133 Å². The third kappa shape index (κ3) is 9.33. The molecule has 6 heteroatoms. The molecule has 6 aromatic rings. The van der Waals surface area contributed by atoms with Gasteiger partial charge in [-0.25, -0.2) is 4.79 Å². The third-order valence-electron chi connectivity index (χ3n) is 10.5. The van der Waals surface area contributed by atoms with Crippen molar-refractivity contribution in [3.8, 4) is 33.4 Å². The van der Waals surface area contributed by atoms with Gasteiger partial charge in [0.05, 0.1) is 24.7 Å². The Bertz CT molecular complexity index is 2470. The largest absolute Gasteiger partial charge is 0.466 e. The smallest absolute Gasteiger partial charge is 0.338 e. The predicted octanol–water partition coefficient (Wildman–Crippen LogP) is 13.8. The fraction of sp³-hybridized carbons (Fsp3) is 0.111. The van der Waals surface area contributed by atoms with Crippen LogP contribution in [0.5, 0.6) is 0 Å². The SMILES string of the molecule is C=C/C=C\C(=C\Cl)C1=C(C(=O)OCC)C=C(c2ccc(-c3ccc(N(c4ccc(-c5ccccc5)cc4)c4ccc(-c5ccccc5)cc4)cc3)cc2)C(C(=O)OCC)C1. The molecule has 7 rings (SSSR count). The average molecular weight is 808 g/mol. The van der Waals surface area contributed by atoms with E-state index in [9.17, 15) is 9.59 Å². The number of ether oxygens (including phenoxy) is 2. The summed E-state index contributed by atoms with van der Waals surface area (Å²) >= 11 is 6.27. The van der Waals surface area contributed by atoms with E-state index in [-0.39, 0.29) is 25.6 Å². The molecule has 0 bridgehead atoms. The normalized spacial score (nSPS) is 14.1. The van der Waals surface area contributed by atoms with Crippen molar-refractivity contribution < 1.29 is 19.1 Å². The van der Waals surface area contributed by atoms with Gasteiger partial charge in [0.15, 0.2) is 0 Å². The summed E-state index contributed by atoms with van der Waals surface area (Å²) in [5, 5.41) is 0. The summed E-state index contributed by atoms with van der Waals surface area (Å²) < 4.78 is 11.0. The number of hydrogen-bond acceptors (Lipinski definition) is 5. The molecule has 1 unspecified atom stereocenters. The van der Waals surface area contributed by atoms with Gasteiger partial charge in [-0.3, -0.25) is 4.79 Å². The number of benzene rings is 6. The van der Waals surface area contributed by atoms with Gasteiger partial charge < -0.3 is 14.4 Å². The van der Waals surface area contributed by atoms with E-state index in [4.69, 9.17) is 21.1 Å². The second kappa shape index (κ2) is 19.7. The van der Waals surface area contributed by atoms with Crippen molar-refractivity contribution in [3.05, 3.63) is 216 Å². The van der Waals surface area contributed by atoms with Crippen LogP contribution in [-0.2, 0) is 19.1 Å². The minimum absolute atomic E-state index is 0.203. The van der Waals surface area contributed by atoms with Gasteiger partial charge in [0.2, 0.25) is 0 Å². The number of halogens is 1. The van der Waals surface area contributed by atoms with Crippen molar-refractivity contribution in [1.82, 2.24) is 0 Å². The summed E-state index contributed by atoms with van der Waals surface area (Å²) in [5.41, 5.74) is 14.2. The van der Waals surface area contributed by atoms with Crippen LogP contribution in [0.4, 0.5) is 17.1 Å². The van der Waals surface area contributed by atoms with Gasteiger partial charge in [-0.2, -0.15) is 0 Å². The van der Waals surface area contributed by atoms with Gasteiger partial charge in [0, 0.05) is 22.6 Å². The van der Waals surface area contributed by atoms with Crippen LogP contribution in [0.1, 0.15) is 25.8 Å². The van der Waals surface area contributed by atoms with Gasteiger partial charge >= 0.3 is 11.9 Å². The van der Waals surface area contributed by atoms with Crippen LogP contribution in [0.3, 0.4) is 0 Å². The maximum atomic E-state index is 13.5. The standard InChI is InChI=1S/C54H46ClNO4/c1-4-7-14-45(37-55)50-36-51(53(57)59-5-2)49(35-52(50)54(58)60-6-3)44-21-19-40(20-22-44)43-27-33-48(34-28-43)56(46-29-23-41(24-30-46)38-15-10-8-11-16-38)47-31-25-42(26-32-47)39-17-12-9-13-18-39/h4,7-35,37,51H,1,5-6,36H2,2-3H3/b14-7-,45-37-. The number of nitrogens with zero attached hydrogens (tertiary/aromatic N) is 1. The Morgan fingerprint density at radius 1 is 0.617 bits per heavy atom. The van der Waals surface area contributed by atoms with E-state index in [0.29, 0.717) is 22.3 Å². The zero-order valence-corrected chi connectivity index (χ0v) is 34.5. The molecule has 0 aliphatic heterocycles. The maximum Gasteiger partial charge on any atom is 0.338 e. The Morgan fingerprint density at radius 3 is 1.45 bits per heavy atom. The molecule has 6 aromatic carbocycles. The van der Waals surface area contributed by atoms with E-state index in [0.717, 1.165) is 44.9 Å². The lowest BCUT2D eigenvalue weighted by Crippen LogP contribution is -2.25. The van der Waals surface area contributed by atoms with Crippen molar-refractivity contribution >= 4 is 46.2 Å². The molecule has 0 saturated carbocycles. The summed E-state index contributed by atoms with van der Waals surface area (Å²) in [5.74, 6) is -1.53. The van der Waals surface area contributed by atoms with Gasteiger partial charge in [0.25, 0.3) is 0 Å². The lowest BCUT2D eigenvalue weighted by atomic mass is 9.78. The Kier molecular flexibility index (Phi) is 13.5. The molecule has 298 valence electrons. The zero-order chi connectivity index (χ0) is 41.8. The van der Waals surface area contributed by atoms with E-state index in [1.807, 2.05) is 36.4 Å². The summed E-state index contributed by atoms with van der Waals surface area (Å²) in [4.78, 5) is 29.1. The highest BCUT2D eigenvalue weighted by Gasteiger charge is 2.34. The van der Waals surface area contributed by atoms with Crippen LogP contribution in [-0.4, -0.2) is 25.2 Å². The molecule has 0 fully saturated rings. The second-order valence-corrected chi connectivity index (χ2v) is 14.4. The maximum absolute atomic E-state index is 13.5. The Hall–Kier alpha value is -6.95. The Labute approximate surface area is 357 Å². The quantitative estimate of drug-likeness (QED) is 0.0810. The fourth-order valence-corrected chi connectivity index (χ4v) is 7.72. The highest BCUT2D eigenvalue weighted by molar-refractivity contribution is 6.26. The average Bonchev–Trinajstić information content (AvgIpc) is 3.30. The molecular formula is C54H46ClNO4. The predicted molar refractivity (Wildman–Crippen MR) is 247 cm³/mol. The van der Waals surface area contributed by atoms with E-state index in [1.165, 1.54) is 16.7 Å². The first kappa shape index (κ1) is 41.2. The van der Waals surface area contributed by atoms with E-state index >= 15 is 0 Å². The molecule has 1 aliphatic rings. The van der Waals surface area contributed by atoms with Crippen molar-refractivity contribution in [3.63, 3.8) is 0 Å². The minimum atomic E-state index is -0.665. The molecule has 0 saturated heterocycles. The Balaban J connectivity index is 1.22.